The molecule has 0 radical (unpaired) electrons. The number of nitrogens with zero attached hydrogens (tertiary/aromatic N) is 3. The maximum Gasteiger partial charge on any atom is 0.268 e. The summed E-state index contributed by atoms with van der Waals surface area (Å²) in [7, 11) is 0. The van der Waals surface area contributed by atoms with Crippen molar-refractivity contribution in [2.24, 2.45) is 0 Å². The summed E-state index contributed by atoms with van der Waals surface area (Å²) in [5.41, 5.74) is 5.02. The number of aromatic amines is 1. The molecular weight excluding hydrogens is 326 g/mol. The van der Waals surface area contributed by atoms with E-state index in [-0.39, 0.29) is 5.91 Å². The van der Waals surface area contributed by atoms with Gasteiger partial charge in [-0.05, 0) is 50.8 Å². The Labute approximate surface area is 153 Å². The van der Waals surface area contributed by atoms with E-state index in [0.717, 1.165) is 59.5 Å². The first kappa shape index (κ1) is 16.8. The number of nitrogens with one attached hydrogen (secondary N) is 2. The number of hydrogen-bond acceptors (Lipinski definition) is 3. The molecule has 136 valence electrons. The van der Waals surface area contributed by atoms with Gasteiger partial charge in [0.1, 0.15) is 11.5 Å². The fourth-order valence-corrected chi connectivity index (χ4v) is 3.93. The van der Waals surface area contributed by atoms with Crippen molar-refractivity contribution in [2.45, 2.75) is 59.5 Å². The van der Waals surface area contributed by atoms with Gasteiger partial charge in [0.15, 0.2) is 5.82 Å². The molecule has 2 N–H and O–H groups in total. The molecule has 6 nitrogen and oxygen atoms in total. The number of H-pyrrole nitrogens is 1. The molecule has 1 aliphatic heterocycles. The van der Waals surface area contributed by atoms with Gasteiger partial charge in [-0.25, -0.2) is 0 Å². The van der Waals surface area contributed by atoms with Crippen LogP contribution in [0, 0.1) is 20.8 Å². The molecule has 26 heavy (non-hydrogen) atoms. The number of aryl methyl sites for hydroxylation is 4. The standard InChI is InChI=1S/C20H25N5O/c1-12-9-13(2)18-15(10-12)14(3)19(22-18)20(26)21-11-17-24-23-16-7-5-4-6-8-25(16)17/h9-10,22H,4-8,11H2,1-3H3,(H,21,26). The second kappa shape index (κ2) is 6.59. The highest BCUT2D eigenvalue weighted by molar-refractivity contribution is 6.01. The third-order valence-electron chi connectivity index (χ3n) is 5.33. The predicted octanol–water partition coefficient (Wildman–Crippen LogP) is 3.34. The van der Waals surface area contributed by atoms with Crippen LogP contribution in [0.1, 0.15) is 58.1 Å². The summed E-state index contributed by atoms with van der Waals surface area (Å²) >= 11 is 0. The molecule has 0 spiro atoms. The van der Waals surface area contributed by atoms with Gasteiger partial charge in [-0.2, -0.15) is 0 Å². The monoisotopic (exact) mass is 351 g/mol. The summed E-state index contributed by atoms with van der Waals surface area (Å²) in [6.07, 6.45) is 4.51. The summed E-state index contributed by atoms with van der Waals surface area (Å²) < 4.78 is 2.17. The number of benzene rings is 1. The molecule has 0 atom stereocenters. The number of fused-ring (bicyclic) bond motifs is 2. The van der Waals surface area contributed by atoms with Crippen LogP contribution in [0.2, 0.25) is 0 Å². The number of amides is 1. The number of carbonyl (C=O) groups excluding carboxylic acids is 1. The van der Waals surface area contributed by atoms with Crippen molar-refractivity contribution in [3.05, 3.63) is 46.2 Å². The van der Waals surface area contributed by atoms with Crippen molar-refractivity contribution >= 4 is 16.8 Å². The average Bonchev–Trinajstić information content (AvgIpc) is 3.05. The van der Waals surface area contributed by atoms with Gasteiger partial charge in [0, 0.05) is 23.9 Å². The van der Waals surface area contributed by atoms with Crippen LogP contribution in [0.3, 0.4) is 0 Å². The molecule has 3 aromatic rings. The summed E-state index contributed by atoms with van der Waals surface area (Å²) in [5.74, 6) is 1.79. The molecule has 6 heteroatoms. The highest BCUT2D eigenvalue weighted by Crippen LogP contribution is 2.26. The van der Waals surface area contributed by atoms with E-state index in [0.29, 0.717) is 12.2 Å². The van der Waals surface area contributed by atoms with E-state index in [1.807, 2.05) is 6.92 Å². The molecule has 1 amide bonds. The highest BCUT2D eigenvalue weighted by Gasteiger charge is 2.18. The summed E-state index contributed by atoms with van der Waals surface area (Å²) in [4.78, 5) is 16.1. The van der Waals surface area contributed by atoms with Crippen LogP contribution in [0.5, 0.6) is 0 Å². The summed E-state index contributed by atoms with van der Waals surface area (Å²) in [5, 5.41) is 12.7. The van der Waals surface area contributed by atoms with Crippen molar-refractivity contribution in [1.29, 1.82) is 0 Å². The lowest BCUT2D eigenvalue weighted by molar-refractivity contribution is 0.0944. The fraction of sp³-hybridized carbons (Fsp3) is 0.450. The minimum Gasteiger partial charge on any atom is -0.350 e. The molecule has 2 aromatic heterocycles. The van der Waals surface area contributed by atoms with Crippen molar-refractivity contribution in [3.63, 3.8) is 0 Å². The van der Waals surface area contributed by atoms with Crippen LogP contribution in [-0.2, 0) is 19.5 Å². The zero-order valence-electron chi connectivity index (χ0n) is 15.6. The number of carbonyl (C=O) groups is 1. The second-order valence-corrected chi connectivity index (χ2v) is 7.31. The van der Waals surface area contributed by atoms with E-state index in [2.05, 4.69) is 51.0 Å². The molecule has 3 heterocycles. The number of hydrogen-bond donors (Lipinski definition) is 2. The Morgan fingerprint density at radius 2 is 2.04 bits per heavy atom. The molecule has 0 fully saturated rings. The molecule has 0 unspecified atom stereocenters. The highest BCUT2D eigenvalue weighted by atomic mass is 16.1. The summed E-state index contributed by atoms with van der Waals surface area (Å²) in [6.45, 7) is 7.49. The largest absolute Gasteiger partial charge is 0.350 e. The van der Waals surface area contributed by atoms with Crippen LogP contribution < -0.4 is 5.32 Å². The summed E-state index contributed by atoms with van der Waals surface area (Å²) in [6, 6.07) is 4.26. The van der Waals surface area contributed by atoms with Gasteiger partial charge >= 0.3 is 0 Å². The molecular formula is C20H25N5O. The molecule has 1 aromatic carbocycles. The van der Waals surface area contributed by atoms with Crippen molar-refractivity contribution in [2.75, 3.05) is 0 Å². The van der Waals surface area contributed by atoms with Gasteiger partial charge in [0.25, 0.3) is 5.91 Å². The Morgan fingerprint density at radius 1 is 1.19 bits per heavy atom. The molecule has 0 saturated carbocycles. The van der Waals surface area contributed by atoms with Crippen LogP contribution in [0.15, 0.2) is 12.1 Å². The minimum atomic E-state index is -0.0956. The zero-order chi connectivity index (χ0) is 18.3. The Morgan fingerprint density at radius 3 is 2.88 bits per heavy atom. The van der Waals surface area contributed by atoms with Gasteiger partial charge in [-0.1, -0.05) is 18.1 Å². The zero-order valence-corrected chi connectivity index (χ0v) is 15.6. The quantitative estimate of drug-likeness (QED) is 0.760. The smallest absolute Gasteiger partial charge is 0.268 e. The first-order chi connectivity index (χ1) is 12.5. The lowest BCUT2D eigenvalue weighted by Crippen LogP contribution is -2.26. The minimum absolute atomic E-state index is 0.0956. The molecule has 4 rings (SSSR count). The Bertz CT molecular complexity index is 982. The van der Waals surface area contributed by atoms with Crippen LogP contribution in [0.4, 0.5) is 0 Å². The van der Waals surface area contributed by atoms with Gasteiger partial charge in [0.05, 0.1) is 6.54 Å². The van der Waals surface area contributed by atoms with Crippen LogP contribution in [-0.4, -0.2) is 25.7 Å². The van der Waals surface area contributed by atoms with E-state index in [4.69, 9.17) is 0 Å². The third kappa shape index (κ3) is 2.89. The Balaban J connectivity index is 1.56. The SMILES string of the molecule is Cc1cc(C)c2[nH]c(C(=O)NCc3nnc4n3CCCCC4)c(C)c2c1. The van der Waals surface area contributed by atoms with E-state index in [1.54, 1.807) is 0 Å². The number of aromatic nitrogens is 4. The first-order valence-corrected chi connectivity index (χ1v) is 9.33. The van der Waals surface area contributed by atoms with Gasteiger partial charge in [0.2, 0.25) is 0 Å². The number of rotatable bonds is 3. The normalized spacial score (nSPS) is 14.3. The first-order valence-electron chi connectivity index (χ1n) is 9.33. The Hall–Kier alpha value is -2.63. The van der Waals surface area contributed by atoms with E-state index in [9.17, 15) is 4.79 Å². The molecule has 0 saturated heterocycles. The van der Waals surface area contributed by atoms with E-state index < -0.39 is 0 Å². The van der Waals surface area contributed by atoms with E-state index in [1.165, 1.54) is 12.0 Å². The predicted molar refractivity (Wildman–Crippen MR) is 101 cm³/mol. The third-order valence-corrected chi connectivity index (χ3v) is 5.33. The van der Waals surface area contributed by atoms with E-state index >= 15 is 0 Å². The van der Waals surface area contributed by atoms with Crippen LogP contribution >= 0.6 is 0 Å². The lowest BCUT2D eigenvalue weighted by Gasteiger charge is -2.08. The van der Waals surface area contributed by atoms with Gasteiger partial charge in [-0.15, -0.1) is 10.2 Å². The average molecular weight is 351 g/mol. The maximum absolute atomic E-state index is 12.8. The van der Waals surface area contributed by atoms with Crippen molar-refractivity contribution in [3.8, 4) is 0 Å². The fourth-order valence-electron chi connectivity index (χ4n) is 3.93. The molecule has 0 bridgehead atoms. The van der Waals surface area contributed by atoms with Crippen molar-refractivity contribution < 1.29 is 4.79 Å². The topological polar surface area (TPSA) is 75.6 Å². The Kier molecular flexibility index (Phi) is 4.26. The van der Waals surface area contributed by atoms with Gasteiger partial charge in [-0.3, -0.25) is 4.79 Å². The van der Waals surface area contributed by atoms with Crippen molar-refractivity contribution in [1.82, 2.24) is 25.1 Å². The maximum atomic E-state index is 12.8. The second-order valence-electron chi connectivity index (χ2n) is 7.31. The lowest BCUT2D eigenvalue weighted by atomic mass is 10.1. The van der Waals surface area contributed by atoms with Crippen LogP contribution in [0.25, 0.3) is 10.9 Å². The van der Waals surface area contributed by atoms with Gasteiger partial charge < -0.3 is 14.9 Å². The molecule has 0 aliphatic carbocycles. The molecule has 1 aliphatic rings.